The number of nitrogens with one attached hydrogen (secondary N) is 2. The van der Waals surface area contributed by atoms with Crippen LogP contribution in [0.15, 0.2) is 24.3 Å². The normalized spacial score (nSPS) is 12.5. The molecule has 1 aromatic rings. The second-order valence-electron chi connectivity index (χ2n) is 5.02. The van der Waals surface area contributed by atoms with Gasteiger partial charge in [0.05, 0.1) is 6.04 Å². The molecule has 0 bridgehead atoms. The van der Waals surface area contributed by atoms with Gasteiger partial charge in [-0.2, -0.15) is 0 Å². The van der Waals surface area contributed by atoms with Crippen LogP contribution in [0.5, 0.6) is 0 Å². The Balaban J connectivity index is 2.34. The van der Waals surface area contributed by atoms with E-state index in [-0.39, 0.29) is 11.9 Å². The molecule has 0 saturated carbocycles. The van der Waals surface area contributed by atoms with E-state index in [1.807, 2.05) is 31.2 Å². The maximum Gasteiger partial charge on any atom is 0.220 e. The Morgan fingerprint density at radius 2 is 1.95 bits per heavy atom. The number of amides is 1. The minimum Gasteiger partial charge on any atom is -0.350 e. The van der Waals surface area contributed by atoms with Gasteiger partial charge in [-0.05, 0) is 31.5 Å². The monoisotopic (exact) mass is 282 g/mol. The summed E-state index contributed by atoms with van der Waals surface area (Å²) < 4.78 is 0. The van der Waals surface area contributed by atoms with Crippen molar-refractivity contribution in [3.05, 3.63) is 34.9 Å². The molecule has 0 radical (unpaired) electrons. The van der Waals surface area contributed by atoms with Crippen LogP contribution in [0.4, 0.5) is 0 Å². The fourth-order valence-electron chi connectivity index (χ4n) is 1.86. The summed E-state index contributed by atoms with van der Waals surface area (Å²) in [5.41, 5.74) is 0.956. The van der Waals surface area contributed by atoms with Crippen LogP contribution in [0.25, 0.3) is 0 Å². The average molecular weight is 283 g/mol. The number of halogens is 1. The van der Waals surface area contributed by atoms with Crippen molar-refractivity contribution in [1.82, 2.24) is 10.6 Å². The fraction of sp³-hybridized carbons (Fsp3) is 0.533. The maximum absolute atomic E-state index is 11.8. The second kappa shape index (κ2) is 8.18. The number of hydrogen-bond donors (Lipinski definition) is 2. The van der Waals surface area contributed by atoms with Gasteiger partial charge >= 0.3 is 0 Å². The molecular weight excluding hydrogens is 260 g/mol. The molecule has 0 aromatic heterocycles. The Morgan fingerprint density at radius 1 is 1.26 bits per heavy atom. The van der Waals surface area contributed by atoms with Gasteiger partial charge in [-0.25, -0.2) is 0 Å². The molecule has 1 amide bonds. The van der Waals surface area contributed by atoms with Gasteiger partial charge < -0.3 is 10.6 Å². The highest BCUT2D eigenvalue weighted by molar-refractivity contribution is 6.31. The molecular formula is C15H23ClN2O. The third-order valence-electron chi connectivity index (χ3n) is 2.88. The molecule has 1 atom stereocenters. The first kappa shape index (κ1) is 16.0. The number of benzene rings is 1. The number of rotatable bonds is 7. The lowest BCUT2D eigenvalue weighted by Gasteiger charge is -2.16. The van der Waals surface area contributed by atoms with E-state index in [1.165, 1.54) is 0 Å². The highest BCUT2D eigenvalue weighted by Crippen LogP contribution is 2.22. The van der Waals surface area contributed by atoms with Crippen LogP contribution in [-0.2, 0) is 4.79 Å². The first-order chi connectivity index (χ1) is 9.00. The van der Waals surface area contributed by atoms with Crippen molar-refractivity contribution >= 4 is 17.5 Å². The first-order valence-corrected chi connectivity index (χ1v) is 7.15. The van der Waals surface area contributed by atoms with E-state index in [4.69, 9.17) is 11.6 Å². The zero-order chi connectivity index (χ0) is 14.3. The molecule has 0 fully saturated rings. The third kappa shape index (κ3) is 6.08. The molecule has 0 aliphatic rings. The molecule has 106 valence electrons. The van der Waals surface area contributed by atoms with Crippen LogP contribution in [0.3, 0.4) is 0 Å². The predicted molar refractivity (Wildman–Crippen MR) is 80.4 cm³/mol. The lowest BCUT2D eigenvalue weighted by Crippen LogP contribution is -2.29. The van der Waals surface area contributed by atoms with E-state index in [9.17, 15) is 4.79 Å². The zero-order valence-electron chi connectivity index (χ0n) is 11.9. The van der Waals surface area contributed by atoms with Gasteiger partial charge in [0, 0.05) is 17.5 Å². The minimum atomic E-state index is -0.0562. The third-order valence-corrected chi connectivity index (χ3v) is 3.23. The smallest absolute Gasteiger partial charge is 0.220 e. The van der Waals surface area contributed by atoms with Crippen molar-refractivity contribution in [3.63, 3.8) is 0 Å². The Morgan fingerprint density at radius 3 is 2.58 bits per heavy atom. The van der Waals surface area contributed by atoms with Gasteiger partial charge in [-0.1, -0.05) is 43.6 Å². The summed E-state index contributed by atoms with van der Waals surface area (Å²) in [5.74, 6) is 0.0676. The van der Waals surface area contributed by atoms with Crippen LogP contribution in [0.1, 0.15) is 45.2 Å². The molecule has 1 aromatic carbocycles. The molecule has 0 saturated heterocycles. The Labute approximate surface area is 120 Å². The molecule has 0 unspecified atom stereocenters. The Bertz CT molecular complexity index is 407. The molecule has 19 heavy (non-hydrogen) atoms. The summed E-state index contributed by atoms with van der Waals surface area (Å²) in [6.45, 7) is 7.01. The summed E-state index contributed by atoms with van der Waals surface area (Å²) in [6.07, 6.45) is 1.38. The van der Waals surface area contributed by atoms with Crippen molar-refractivity contribution in [1.29, 1.82) is 0 Å². The standard InChI is InChI=1S/C15H23ClN2O/c1-11(2)17-10-6-9-15(19)18-12(3)13-7-4-5-8-14(13)16/h4-5,7-8,11-12,17H,6,9-10H2,1-3H3,(H,18,19)/t12-/m1/s1. The number of carbonyl (C=O) groups excluding carboxylic acids is 1. The van der Waals surface area contributed by atoms with Crippen molar-refractivity contribution in [2.45, 2.75) is 45.7 Å². The van der Waals surface area contributed by atoms with Gasteiger partial charge in [-0.3, -0.25) is 4.79 Å². The van der Waals surface area contributed by atoms with Gasteiger partial charge in [0.2, 0.25) is 5.91 Å². The highest BCUT2D eigenvalue weighted by Gasteiger charge is 2.11. The van der Waals surface area contributed by atoms with Crippen molar-refractivity contribution in [2.75, 3.05) is 6.54 Å². The van der Waals surface area contributed by atoms with Crippen molar-refractivity contribution in [2.24, 2.45) is 0 Å². The molecule has 0 aliphatic carbocycles. The Hall–Kier alpha value is -1.06. The van der Waals surface area contributed by atoms with Crippen molar-refractivity contribution < 1.29 is 4.79 Å². The average Bonchev–Trinajstić information content (AvgIpc) is 2.35. The molecule has 0 heterocycles. The highest BCUT2D eigenvalue weighted by atomic mass is 35.5. The summed E-state index contributed by atoms with van der Waals surface area (Å²) in [6, 6.07) is 8.00. The first-order valence-electron chi connectivity index (χ1n) is 6.78. The molecule has 0 spiro atoms. The Kier molecular flexibility index (Phi) is 6.89. The lowest BCUT2D eigenvalue weighted by atomic mass is 10.1. The summed E-state index contributed by atoms with van der Waals surface area (Å²) in [5, 5.41) is 6.96. The molecule has 2 N–H and O–H groups in total. The summed E-state index contributed by atoms with van der Waals surface area (Å²) in [4.78, 5) is 11.8. The van der Waals surface area contributed by atoms with E-state index in [2.05, 4.69) is 24.5 Å². The van der Waals surface area contributed by atoms with E-state index in [1.54, 1.807) is 0 Å². The fourth-order valence-corrected chi connectivity index (χ4v) is 2.16. The quantitative estimate of drug-likeness (QED) is 0.754. The van der Waals surface area contributed by atoms with Crippen LogP contribution in [-0.4, -0.2) is 18.5 Å². The largest absolute Gasteiger partial charge is 0.350 e. The predicted octanol–water partition coefficient (Wildman–Crippen LogP) is 3.30. The summed E-state index contributed by atoms with van der Waals surface area (Å²) in [7, 11) is 0. The van der Waals surface area contributed by atoms with Crippen LogP contribution in [0.2, 0.25) is 5.02 Å². The summed E-state index contributed by atoms with van der Waals surface area (Å²) >= 11 is 6.10. The van der Waals surface area contributed by atoms with Gasteiger partial charge in [-0.15, -0.1) is 0 Å². The van der Waals surface area contributed by atoms with Gasteiger partial charge in [0.15, 0.2) is 0 Å². The molecule has 3 nitrogen and oxygen atoms in total. The lowest BCUT2D eigenvalue weighted by molar-refractivity contribution is -0.121. The van der Waals surface area contributed by atoms with Gasteiger partial charge in [0.1, 0.15) is 0 Å². The molecule has 0 aliphatic heterocycles. The van der Waals surface area contributed by atoms with Gasteiger partial charge in [0.25, 0.3) is 0 Å². The minimum absolute atomic E-state index is 0.0562. The van der Waals surface area contributed by atoms with E-state index >= 15 is 0 Å². The maximum atomic E-state index is 11.8. The zero-order valence-corrected chi connectivity index (χ0v) is 12.6. The van der Waals surface area contributed by atoms with Crippen LogP contribution < -0.4 is 10.6 Å². The second-order valence-corrected chi connectivity index (χ2v) is 5.43. The number of hydrogen-bond acceptors (Lipinski definition) is 2. The van der Waals surface area contributed by atoms with Crippen LogP contribution in [0, 0.1) is 0 Å². The number of carbonyl (C=O) groups is 1. The molecule has 4 heteroatoms. The topological polar surface area (TPSA) is 41.1 Å². The SMILES string of the molecule is CC(C)NCCCC(=O)N[C@H](C)c1ccccc1Cl. The van der Waals surface area contributed by atoms with E-state index in [0.717, 1.165) is 18.5 Å². The van der Waals surface area contributed by atoms with E-state index in [0.29, 0.717) is 17.5 Å². The van der Waals surface area contributed by atoms with Crippen molar-refractivity contribution in [3.8, 4) is 0 Å². The molecule has 1 rings (SSSR count). The van der Waals surface area contributed by atoms with Crippen LogP contribution >= 0.6 is 11.6 Å². The van der Waals surface area contributed by atoms with E-state index < -0.39 is 0 Å².